The number of nitrogens with zero attached hydrogens (tertiary/aromatic N) is 1. The molecule has 0 aromatic carbocycles. The Hall–Kier alpha value is -0.340. The molecule has 66 valence electrons. The summed E-state index contributed by atoms with van der Waals surface area (Å²) in [6.45, 7) is 8.87. The number of hydroxylamine groups is 2. The standard InChI is InChI=1S/C9H19NO/c1-4-7-9-10(8-5-2)11-6-3/h4,7H,5-6,8-9H2,1-3H3/b7-4-. The molecule has 0 aromatic heterocycles. The van der Waals surface area contributed by atoms with E-state index in [9.17, 15) is 0 Å². The summed E-state index contributed by atoms with van der Waals surface area (Å²) in [4.78, 5) is 5.37. The van der Waals surface area contributed by atoms with Gasteiger partial charge in [-0.25, -0.2) is 0 Å². The second-order valence-corrected chi connectivity index (χ2v) is 2.37. The highest BCUT2D eigenvalue weighted by atomic mass is 16.7. The summed E-state index contributed by atoms with van der Waals surface area (Å²) in [5, 5.41) is 1.99. The van der Waals surface area contributed by atoms with Crippen molar-refractivity contribution in [2.24, 2.45) is 0 Å². The van der Waals surface area contributed by atoms with E-state index in [1.807, 2.05) is 25.0 Å². The van der Waals surface area contributed by atoms with Crippen molar-refractivity contribution in [1.29, 1.82) is 0 Å². The third-order valence-electron chi connectivity index (χ3n) is 1.33. The third-order valence-corrected chi connectivity index (χ3v) is 1.33. The van der Waals surface area contributed by atoms with Crippen LogP contribution in [0, 0.1) is 0 Å². The smallest absolute Gasteiger partial charge is 0.0657 e. The highest BCUT2D eigenvalue weighted by Crippen LogP contribution is 1.93. The molecule has 0 N–H and O–H groups in total. The Morgan fingerprint density at radius 3 is 2.55 bits per heavy atom. The molecule has 0 unspecified atom stereocenters. The van der Waals surface area contributed by atoms with Crippen LogP contribution in [-0.2, 0) is 4.84 Å². The second kappa shape index (κ2) is 7.76. The Kier molecular flexibility index (Phi) is 7.52. The van der Waals surface area contributed by atoms with Gasteiger partial charge in [-0.2, -0.15) is 5.06 Å². The minimum atomic E-state index is 0.761. The predicted octanol–water partition coefficient (Wildman–Crippen LogP) is 2.23. The van der Waals surface area contributed by atoms with Crippen molar-refractivity contribution in [3.05, 3.63) is 12.2 Å². The van der Waals surface area contributed by atoms with Crippen LogP contribution in [0.1, 0.15) is 27.2 Å². The highest BCUT2D eigenvalue weighted by Gasteiger charge is 1.98. The van der Waals surface area contributed by atoms with E-state index in [2.05, 4.69) is 13.0 Å². The zero-order chi connectivity index (χ0) is 8.53. The van der Waals surface area contributed by atoms with E-state index in [0.29, 0.717) is 0 Å². The van der Waals surface area contributed by atoms with Crippen molar-refractivity contribution in [3.63, 3.8) is 0 Å². The summed E-state index contributed by atoms with van der Waals surface area (Å²) < 4.78 is 0. The Morgan fingerprint density at radius 2 is 2.09 bits per heavy atom. The van der Waals surface area contributed by atoms with Crippen LogP contribution in [0.15, 0.2) is 12.2 Å². The molecule has 0 amide bonds. The molecular weight excluding hydrogens is 138 g/mol. The molecule has 0 saturated carbocycles. The monoisotopic (exact) mass is 157 g/mol. The Bertz CT molecular complexity index is 95.7. The van der Waals surface area contributed by atoms with E-state index >= 15 is 0 Å². The van der Waals surface area contributed by atoms with Gasteiger partial charge < -0.3 is 0 Å². The molecular formula is C9H19NO. The van der Waals surface area contributed by atoms with Gasteiger partial charge in [0.15, 0.2) is 0 Å². The molecule has 0 atom stereocenters. The minimum Gasteiger partial charge on any atom is -0.299 e. The summed E-state index contributed by atoms with van der Waals surface area (Å²) in [6.07, 6.45) is 5.28. The van der Waals surface area contributed by atoms with Crippen LogP contribution in [0.5, 0.6) is 0 Å². The summed E-state index contributed by atoms with van der Waals surface area (Å²) >= 11 is 0. The number of hydrogen-bond donors (Lipinski definition) is 0. The number of rotatable bonds is 6. The molecule has 0 radical (unpaired) electrons. The fourth-order valence-electron chi connectivity index (χ4n) is 0.863. The molecule has 0 aromatic rings. The molecule has 0 saturated heterocycles. The lowest BCUT2D eigenvalue weighted by molar-refractivity contribution is -0.146. The quantitative estimate of drug-likeness (QED) is 0.433. The molecule has 0 aliphatic rings. The van der Waals surface area contributed by atoms with Gasteiger partial charge in [0.05, 0.1) is 6.61 Å². The maximum absolute atomic E-state index is 5.37. The summed E-state index contributed by atoms with van der Waals surface area (Å²) in [5.74, 6) is 0. The summed E-state index contributed by atoms with van der Waals surface area (Å²) in [6, 6.07) is 0. The van der Waals surface area contributed by atoms with Gasteiger partial charge in [-0.15, -0.1) is 0 Å². The number of allylic oxidation sites excluding steroid dienone is 1. The Labute approximate surface area is 69.8 Å². The van der Waals surface area contributed by atoms with Crippen molar-refractivity contribution >= 4 is 0 Å². The first kappa shape index (κ1) is 10.7. The first-order valence-electron chi connectivity index (χ1n) is 4.34. The molecule has 0 heterocycles. The van der Waals surface area contributed by atoms with Crippen LogP contribution < -0.4 is 0 Å². The summed E-state index contributed by atoms with van der Waals surface area (Å²) in [7, 11) is 0. The predicted molar refractivity (Wildman–Crippen MR) is 48.3 cm³/mol. The maximum Gasteiger partial charge on any atom is 0.0657 e. The van der Waals surface area contributed by atoms with Gasteiger partial charge in [-0.05, 0) is 20.3 Å². The van der Waals surface area contributed by atoms with E-state index in [-0.39, 0.29) is 0 Å². The van der Waals surface area contributed by atoms with Crippen LogP contribution in [0.25, 0.3) is 0 Å². The molecule has 0 aliphatic heterocycles. The van der Waals surface area contributed by atoms with Crippen molar-refractivity contribution in [2.75, 3.05) is 19.7 Å². The highest BCUT2D eigenvalue weighted by molar-refractivity contribution is 4.78. The van der Waals surface area contributed by atoms with Crippen molar-refractivity contribution in [1.82, 2.24) is 5.06 Å². The topological polar surface area (TPSA) is 12.5 Å². The van der Waals surface area contributed by atoms with Gasteiger partial charge in [-0.1, -0.05) is 19.1 Å². The van der Waals surface area contributed by atoms with Gasteiger partial charge in [0, 0.05) is 13.1 Å². The van der Waals surface area contributed by atoms with Gasteiger partial charge in [0.25, 0.3) is 0 Å². The van der Waals surface area contributed by atoms with E-state index in [0.717, 1.165) is 26.1 Å². The molecule has 0 spiro atoms. The average Bonchev–Trinajstić information content (AvgIpc) is 2.01. The molecule has 0 rings (SSSR count). The first-order chi connectivity index (χ1) is 5.35. The molecule has 11 heavy (non-hydrogen) atoms. The SMILES string of the molecule is C/C=C\CN(CCC)OCC. The first-order valence-corrected chi connectivity index (χ1v) is 4.34. The molecule has 2 heteroatoms. The molecule has 0 aliphatic carbocycles. The normalized spacial score (nSPS) is 11.6. The van der Waals surface area contributed by atoms with Crippen LogP contribution in [0.4, 0.5) is 0 Å². The van der Waals surface area contributed by atoms with E-state index in [4.69, 9.17) is 4.84 Å². The van der Waals surface area contributed by atoms with E-state index < -0.39 is 0 Å². The zero-order valence-electron chi connectivity index (χ0n) is 7.84. The Balaban J connectivity index is 3.50. The molecule has 0 bridgehead atoms. The van der Waals surface area contributed by atoms with Gasteiger partial charge in [0.2, 0.25) is 0 Å². The van der Waals surface area contributed by atoms with Crippen LogP contribution >= 0.6 is 0 Å². The minimum absolute atomic E-state index is 0.761. The Morgan fingerprint density at radius 1 is 1.36 bits per heavy atom. The van der Waals surface area contributed by atoms with Crippen molar-refractivity contribution < 1.29 is 4.84 Å². The average molecular weight is 157 g/mol. The van der Waals surface area contributed by atoms with E-state index in [1.165, 1.54) is 0 Å². The lowest BCUT2D eigenvalue weighted by Crippen LogP contribution is -2.24. The van der Waals surface area contributed by atoms with Crippen LogP contribution in [0.2, 0.25) is 0 Å². The largest absolute Gasteiger partial charge is 0.299 e. The van der Waals surface area contributed by atoms with Crippen LogP contribution in [0.3, 0.4) is 0 Å². The fourth-order valence-corrected chi connectivity index (χ4v) is 0.863. The fraction of sp³-hybridized carbons (Fsp3) is 0.778. The lowest BCUT2D eigenvalue weighted by atomic mass is 10.4. The zero-order valence-corrected chi connectivity index (χ0v) is 7.84. The third kappa shape index (κ3) is 6.07. The van der Waals surface area contributed by atoms with Crippen molar-refractivity contribution in [3.8, 4) is 0 Å². The molecule has 0 fully saturated rings. The van der Waals surface area contributed by atoms with E-state index in [1.54, 1.807) is 0 Å². The van der Waals surface area contributed by atoms with Gasteiger partial charge >= 0.3 is 0 Å². The molecule has 2 nitrogen and oxygen atoms in total. The van der Waals surface area contributed by atoms with Crippen molar-refractivity contribution in [2.45, 2.75) is 27.2 Å². The van der Waals surface area contributed by atoms with Gasteiger partial charge in [0.1, 0.15) is 0 Å². The van der Waals surface area contributed by atoms with Gasteiger partial charge in [-0.3, -0.25) is 4.84 Å². The summed E-state index contributed by atoms with van der Waals surface area (Å²) in [5.41, 5.74) is 0. The number of hydrogen-bond acceptors (Lipinski definition) is 2. The second-order valence-electron chi connectivity index (χ2n) is 2.37. The van der Waals surface area contributed by atoms with Crippen LogP contribution in [-0.4, -0.2) is 24.8 Å². The lowest BCUT2D eigenvalue weighted by Gasteiger charge is -2.17. The maximum atomic E-state index is 5.37.